The zero-order chi connectivity index (χ0) is 22.6. The molecule has 2 rings (SSSR count). The molecule has 0 saturated carbocycles. The van der Waals surface area contributed by atoms with E-state index < -0.39 is 7.60 Å². The Morgan fingerprint density at radius 3 is 2.03 bits per heavy atom. The summed E-state index contributed by atoms with van der Waals surface area (Å²) in [5.41, 5.74) is 1.85. The number of rotatable bonds is 9. The number of benzene rings is 1. The van der Waals surface area contributed by atoms with Crippen LogP contribution in [0.25, 0.3) is 0 Å². The molecule has 0 fully saturated rings. The lowest BCUT2D eigenvalue weighted by molar-refractivity contribution is 0.323. The maximum atomic E-state index is 13.0. The van der Waals surface area contributed by atoms with Crippen LogP contribution >= 0.6 is 7.60 Å². The third-order valence-electron chi connectivity index (χ3n) is 4.66. The van der Waals surface area contributed by atoms with E-state index in [-0.39, 0.29) is 41.1 Å². The van der Waals surface area contributed by atoms with Gasteiger partial charge < -0.3 is 29.3 Å². The molecule has 0 aliphatic heterocycles. The van der Waals surface area contributed by atoms with Crippen LogP contribution in [0.2, 0.25) is 0 Å². The van der Waals surface area contributed by atoms with Gasteiger partial charge in [0.05, 0.1) is 14.2 Å². The highest BCUT2D eigenvalue weighted by Gasteiger charge is 2.33. The Morgan fingerprint density at radius 2 is 1.60 bits per heavy atom. The molecule has 1 aromatic heterocycles. The molecule has 0 aliphatic carbocycles. The average Bonchev–Trinajstić information content (AvgIpc) is 2.67. The molecule has 1 unspecified atom stereocenters. The summed E-state index contributed by atoms with van der Waals surface area (Å²) < 4.78 is 29.6. The number of hydrogen-bond acceptors (Lipinski definition) is 7. The third-order valence-corrected chi connectivity index (χ3v) is 5.69. The molecule has 1 atom stereocenters. The van der Waals surface area contributed by atoms with E-state index in [1.54, 1.807) is 12.3 Å². The van der Waals surface area contributed by atoms with Gasteiger partial charge in [0.25, 0.3) is 0 Å². The maximum Gasteiger partial charge on any atom is 0.395 e. The normalized spacial score (nSPS) is 13.3. The van der Waals surface area contributed by atoms with Crippen LogP contribution in [0.1, 0.15) is 56.2 Å². The fourth-order valence-electron chi connectivity index (χ4n) is 3.29. The Hall–Kier alpha value is -2.44. The maximum absolute atomic E-state index is 13.0. The second kappa shape index (κ2) is 9.58. The monoisotopic (exact) mass is 438 g/mol. The largest absolute Gasteiger partial charge is 0.502 e. The lowest BCUT2D eigenvalue weighted by atomic mass is 9.91. The molecule has 0 spiro atoms. The minimum absolute atomic E-state index is 0.157. The second-order valence-corrected chi connectivity index (χ2v) is 9.39. The van der Waals surface area contributed by atoms with E-state index in [9.17, 15) is 14.6 Å². The quantitative estimate of drug-likeness (QED) is 0.470. The highest BCUT2D eigenvalue weighted by Crippen LogP contribution is 2.56. The van der Waals surface area contributed by atoms with Crippen molar-refractivity contribution in [2.24, 2.45) is 0 Å². The zero-order valence-corrected chi connectivity index (χ0v) is 19.4. The van der Waals surface area contributed by atoms with Crippen LogP contribution in [0.3, 0.4) is 0 Å². The lowest BCUT2D eigenvalue weighted by Gasteiger charge is -2.27. The molecular weight excluding hydrogens is 407 g/mol. The first-order valence-electron chi connectivity index (χ1n) is 9.71. The number of methoxy groups -OCH3 is 2. The molecule has 1 heterocycles. The van der Waals surface area contributed by atoms with Crippen molar-refractivity contribution >= 4 is 13.4 Å². The van der Waals surface area contributed by atoms with Crippen LogP contribution in [0.5, 0.6) is 23.0 Å². The summed E-state index contributed by atoms with van der Waals surface area (Å²) in [7, 11) is -1.31. The summed E-state index contributed by atoms with van der Waals surface area (Å²) in [6, 6.07) is 3.64. The number of aromatic nitrogens is 1. The summed E-state index contributed by atoms with van der Waals surface area (Å²) >= 11 is 0. The lowest BCUT2D eigenvalue weighted by Crippen LogP contribution is -2.12. The summed E-state index contributed by atoms with van der Waals surface area (Å²) in [4.78, 5) is 14.8. The SMILES string of the molecule is COc1c(O)c(OC)c(C(C)C)c(OP(=O)(O)CNc2ncccc2C)c1C(C)C. The van der Waals surface area contributed by atoms with Crippen LogP contribution < -0.4 is 19.3 Å². The van der Waals surface area contributed by atoms with Gasteiger partial charge in [-0.05, 0) is 30.4 Å². The fourth-order valence-corrected chi connectivity index (χ4v) is 4.19. The van der Waals surface area contributed by atoms with Crippen molar-refractivity contribution in [3.8, 4) is 23.0 Å². The molecule has 0 aliphatic rings. The van der Waals surface area contributed by atoms with Crippen molar-refractivity contribution in [3.63, 3.8) is 0 Å². The van der Waals surface area contributed by atoms with Crippen molar-refractivity contribution in [3.05, 3.63) is 35.0 Å². The second-order valence-electron chi connectivity index (χ2n) is 7.61. The Labute approximate surface area is 177 Å². The molecule has 0 amide bonds. The fraction of sp³-hybridized carbons (Fsp3) is 0.476. The van der Waals surface area contributed by atoms with Crippen LogP contribution in [0, 0.1) is 6.92 Å². The number of hydrogen-bond donors (Lipinski definition) is 3. The molecule has 0 saturated heterocycles. The van der Waals surface area contributed by atoms with Gasteiger partial charge in [-0.25, -0.2) is 9.55 Å². The number of aryl methyl sites for hydroxylation is 1. The minimum atomic E-state index is -4.15. The van der Waals surface area contributed by atoms with Gasteiger partial charge in [0, 0.05) is 17.3 Å². The molecule has 0 bridgehead atoms. The van der Waals surface area contributed by atoms with Crippen LogP contribution in [-0.4, -0.2) is 35.5 Å². The Bertz CT molecular complexity index is 908. The van der Waals surface area contributed by atoms with E-state index in [2.05, 4.69) is 10.3 Å². The Morgan fingerprint density at radius 1 is 1.07 bits per heavy atom. The summed E-state index contributed by atoms with van der Waals surface area (Å²) in [6.45, 7) is 9.40. The van der Waals surface area contributed by atoms with Crippen molar-refractivity contribution in [2.75, 3.05) is 25.8 Å². The van der Waals surface area contributed by atoms with Gasteiger partial charge in [-0.1, -0.05) is 33.8 Å². The average molecular weight is 438 g/mol. The molecule has 9 heteroatoms. The first-order valence-corrected chi connectivity index (χ1v) is 11.5. The van der Waals surface area contributed by atoms with Gasteiger partial charge >= 0.3 is 7.60 Å². The predicted octanol–water partition coefficient (Wildman–Crippen LogP) is 4.99. The highest BCUT2D eigenvalue weighted by molar-refractivity contribution is 7.53. The Kier molecular flexibility index (Phi) is 7.61. The highest BCUT2D eigenvalue weighted by atomic mass is 31.2. The van der Waals surface area contributed by atoms with Crippen molar-refractivity contribution < 1.29 is 28.6 Å². The van der Waals surface area contributed by atoms with Gasteiger partial charge in [0.2, 0.25) is 5.75 Å². The smallest absolute Gasteiger partial charge is 0.395 e. The number of aromatic hydroxyl groups is 1. The summed E-state index contributed by atoms with van der Waals surface area (Å²) in [5, 5.41) is 13.6. The van der Waals surface area contributed by atoms with Gasteiger partial charge in [-0.3, -0.25) is 0 Å². The van der Waals surface area contributed by atoms with E-state index in [0.717, 1.165) is 5.56 Å². The van der Waals surface area contributed by atoms with Crippen LogP contribution in [0.4, 0.5) is 5.82 Å². The Balaban J connectivity index is 2.55. The predicted molar refractivity (Wildman–Crippen MR) is 117 cm³/mol. The molecule has 8 nitrogen and oxygen atoms in total. The van der Waals surface area contributed by atoms with Crippen molar-refractivity contribution in [1.82, 2.24) is 4.98 Å². The number of nitrogens with zero attached hydrogens (tertiary/aromatic N) is 1. The topological polar surface area (TPSA) is 110 Å². The summed E-state index contributed by atoms with van der Waals surface area (Å²) in [5.74, 6) is 0.547. The van der Waals surface area contributed by atoms with Crippen LogP contribution in [-0.2, 0) is 4.57 Å². The van der Waals surface area contributed by atoms with E-state index in [4.69, 9.17) is 14.0 Å². The number of anilines is 1. The number of phenols is 1. The van der Waals surface area contributed by atoms with Crippen molar-refractivity contribution in [1.29, 1.82) is 0 Å². The number of nitrogens with one attached hydrogen (secondary N) is 1. The first kappa shape index (κ1) is 23.8. The molecule has 2 aromatic rings. The third kappa shape index (κ3) is 4.99. The zero-order valence-electron chi connectivity index (χ0n) is 18.5. The van der Waals surface area contributed by atoms with Gasteiger partial charge in [0.15, 0.2) is 11.5 Å². The van der Waals surface area contributed by atoms with Gasteiger partial charge in [0.1, 0.15) is 17.9 Å². The minimum Gasteiger partial charge on any atom is -0.502 e. The molecule has 1 aromatic carbocycles. The summed E-state index contributed by atoms with van der Waals surface area (Å²) in [6.07, 6.45) is 1.26. The number of pyridine rings is 1. The molecule has 3 N–H and O–H groups in total. The van der Waals surface area contributed by atoms with Crippen LogP contribution in [0.15, 0.2) is 18.3 Å². The van der Waals surface area contributed by atoms with E-state index in [1.807, 2.05) is 40.7 Å². The number of phenolic OH excluding ortho intramolecular Hbond substituents is 1. The van der Waals surface area contributed by atoms with Gasteiger partial charge in [-0.15, -0.1) is 0 Å². The van der Waals surface area contributed by atoms with Crippen molar-refractivity contribution in [2.45, 2.75) is 46.5 Å². The van der Waals surface area contributed by atoms with Gasteiger partial charge in [-0.2, -0.15) is 0 Å². The molecule has 30 heavy (non-hydrogen) atoms. The van der Waals surface area contributed by atoms with E-state index >= 15 is 0 Å². The standard InChI is InChI=1S/C21H31N2O6P/c1-12(2)15-18(16(13(3)4)20(28-7)17(24)19(15)27-6)29-30(25,26)11-23-21-14(5)9-8-10-22-21/h8-10,12-13,24H,11H2,1-7H3,(H,22,23)(H,25,26). The first-order chi connectivity index (χ1) is 14.0. The molecule has 166 valence electrons. The number of ether oxygens (including phenoxy) is 2. The molecular formula is C21H31N2O6P. The molecule has 0 radical (unpaired) electrons. The van der Waals surface area contributed by atoms with E-state index in [0.29, 0.717) is 16.9 Å². The van der Waals surface area contributed by atoms with E-state index in [1.165, 1.54) is 14.2 Å².